The van der Waals surface area contributed by atoms with Gasteiger partial charge < -0.3 is 9.88 Å². The molecule has 0 saturated heterocycles. The summed E-state index contributed by atoms with van der Waals surface area (Å²) in [6.45, 7) is 2.47. The molecule has 1 N–H and O–H groups in total. The Balaban J connectivity index is 1.75. The van der Waals surface area contributed by atoms with Gasteiger partial charge in [-0.2, -0.15) is 0 Å². The SMILES string of the molecule is CCc1nc(-n2cccc2)sc1C(=O)NCc1ccc(Cl)cc1. The predicted octanol–water partition coefficient (Wildman–Crippen LogP) is 4.08. The fourth-order valence-corrected chi connectivity index (χ4v) is 3.36. The molecule has 0 unspecified atom stereocenters. The number of amides is 1. The standard InChI is InChI=1S/C17H16ClN3OS/c1-2-14-15(23-17(20-14)21-9-3-4-10-21)16(22)19-11-12-5-7-13(18)8-6-12/h3-10H,2,11H2,1H3,(H,19,22). The maximum Gasteiger partial charge on any atom is 0.263 e. The summed E-state index contributed by atoms with van der Waals surface area (Å²) in [7, 11) is 0. The van der Waals surface area contributed by atoms with Gasteiger partial charge in [0.05, 0.1) is 5.69 Å². The third-order valence-electron chi connectivity index (χ3n) is 3.42. The van der Waals surface area contributed by atoms with E-state index in [0.29, 0.717) is 16.4 Å². The molecule has 0 atom stereocenters. The van der Waals surface area contributed by atoms with Gasteiger partial charge in [-0.25, -0.2) is 4.98 Å². The van der Waals surface area contributed by atoms with Gasteiger partial charge in [0.15, 0.2) is 5.13 Å². The van der Waals surface area contributed by atoms with Crippen molar-refractivity contribution in [1.29, 1.82) is 0 Å². The first-order valence-electron chi connectivity index (χ1n) is 7.33. The molecular formula is C17H16ClN3OS. The molecule has 0 saturated carbocycles. The van der Waals surface area contributed by atoms with Crippen molar-refractivity contribution < 1.29 is 4.79 Å². The van der Waals surface area contributed by atoms with Crippen LogP contribution >= 0.6 is 22.9 Å². The van der Waals surface area contributed by atoms with Crippen LogP contribution in [0.1, 0.15) is 27.9 Å². The van der Waals surface area contributed by atoms with E-state index in [0.717, 1.165) is 22.8 Å². The van der Waals surface area contributed by atoms with Crippen LogP contribution in [0.3, 0.4) is 0 Å². The first-order chi connectivity index (χ1) is 11.2. The summed E-state index contributed by atoms with van der Waals surface area (Å²) in [6.07, 6.45) is 4.57. The Morgan fingerprint density at radius 2 is 1.96 bits per heavy atom. The van der Waals surface area contributed by atoms with Gasteiger partial charge in [0.2, 0.25) is 0 Å². The second-order valence-corrected chi connectivity index (χ2v) is 6.44. The Hall–Kier alpha value is -2.11. The van der Waals surface area contributed by atoms with E-state index in [-0.39, 0.29) is 5.91 Å². The molecule has 0 bridgehead atoms. The second-order valence-electron chi connectivity index (χ2n) is 5.03. The minimum atomic E-state index is -0.0901. The molecule has 1 amide bonds. The first-order valence-corrected chi connectivity index (χ1v) is 8.52. The van der Waals surface area contributed by atoms with Crippen LogP contribution in [0.25, 0.3) is 5.13 Å². The minimum absolute atomic E-state index is 0.0901. The van der Waals surface area contributed by atoms with Crippen molar-refractivity contribution in [3.05, 3.63) is 69.9 Å². The van der Waals surface area contributed by atoms with Crippen LogP contribution in [0.15, 0.2) is 48.8 Å². The average Bonchev–Trinajstić information content (AvgIpc) is 3.23. The highest BCUT2D eigenvalue weighted by Gasteiger charge is 2.17. The third kappa shape index (κ3) is 3.63. The number of hydrogen-bond acceptors (Lipinski definition) is 3. The Morgan fingerprint density at radius 3 is 2.61 bits per heavy atom. The quantitative estimate of drug-likeness (QED) is 0.757. The molecule has 0 aliphatic rings. The van der Waals surface area contributed by atoms with Crippen molar-refractivity contribution in [2.24, 2.45) is 0 Å². The number of thiazole rings is 1. The number of carbonyl (C=O) groups is 1. The topological polar surface area (TPSA) is 46.9 Å². The van der Waals surface area contributed by atoms with Crippen molar-refractivity contribution in [2.75, 3.05) is 0 Å². The van der Waals surface area contributed by atoms with E-state index in [1.54, 1.807) is 0 Å². The predicted molar refractivity (Wildman–Crippen MR) is 93.4 cm³/mol. The molecule has 6 heteroatoms. The molecule has 3 rings (SSSR count). The maximum absolute atomic E-state index is 12.5. The average molecular weight is 346 g/mol. The Labute approximate surface area is 143 Å². The van der Waals surface area contributed by atoms with Crippen molar-refractivity contribution in [1.82, 2.24) is 14.9 Å². The molecular weight excluding hydrogens is 330 g/mol. The molecule has 4 nitrogen and oxygen atoms in total. The number of halogens is 1. The molecule has 0 aliphatic carbocycles. The van der Waals surface area contributed by atoms with Gasteiger partial charge in [-0.3, -0.25) is 4.79 Å². The Morgan fingerprint density at radius 1 is 1.26 bits per heavy atom. The van der Waals surface area contributed by atoms with E-state index in [1.807, 2.05) is 60.3 Å². The highest BCUT2D eigenvalue weighted by atomic mass is 35.5. The van der Waals surface area contributed by atoms with E-state index in [9.17, 15) is 4.79 Å². The number of rotatable bonds is 5. The molecule has 2 aromatic heterocycles. The third-order valence-corrected chi connectivity index (χ3v) is 4.78. The lowest BCUT2D eigenvalue weighted by molar-refractivity contribution is 0.0954. The van der Waals surface area contributed by atoms with Gasteiger partial charge in [0.1, 0.15) is 4.88 Å². The summed E-state index contributed by atoms with van der Waals surface area (Å²) >= 11 is 7.27. The van der Waals surface area contributed by atoms with Crippen LogP contribution in [0.4, 0.5) is 0 Å². The van der Waals surface area contributed by atoms with E-state index >= 15 is 0 Å². The molecule has 23 heavy (non-hydrogen) atoms. The Kier molecular flexibility index (Phi) is 4.79. The molecule has 2 heterocycles. The lowest BCUT2D eigenvalue weighted by Crippen LogP contribution is -2.22. The highest BCUT2D eigenvalue weighted by Crippen LogP contribution is 2.23. The number of hydrogen-bond donors (Lipinski definition) is 1. The van der Waals surface area contributed by atoms with Gasteiger partial charge in [-0.1, -0.05) is 42.0 Å². The van der Waals surface area contributed by atoms with Crippen LogP contribution in [-0.2, 0) is 13.0 Å². The van der Waals surface area contributed by atoms with Crippen molar-refractivity contribution in [3.63, 3.8) is 0 Å². The summed E-state index contributed by atoms with van der Waals surface area (Å²) in [4.78, 5) is 17.7. The molecule has 1 aromatic carbocycles. The van der Waals surface area contributed by atoms with Gasteiger partial charge in [-0.15, -0.1) is 0 Å². The molecule has 0 fully saturated rings. The lowest BCUT2D eigenvalue weighted by Gasteiger charge is -2.04. The van der Waals surface area contributed by atoms with Crippen LogP contribution in [0.2, 0.25) is 5.02 Å². The first kappa shape index (κ1) is 15.8. The lowest BCUT2D eigenvalue weighted by atomic mass is 10.2. The van der Waals surface area contributed by atoms with Gasteiger partial charge >= 0.3 is 0 Å². The van der Waals surface area contributed by atoms with E-state index in [2.05, 4.69) is 10.3 Å². The molecule has 118 valence electrons. The molecule has 3 aromatic rings. The van der Waals surface area contributed by atoms with Crippen LogP contribution in [0.5, 0.6) is 0 Å². The molecule has 0 spiro atoms. The summed E-state index contributed by atoms with van der Waals surface area (Å²) in [5, 5.41) is 4.44. The fourth-order valence-electron chi connectivity index (χ4n) is 2.19. The number of nitrogens with one attached hydrogen (secondary N) is 1. The van der Waals surface area contributed by atoms with E-state index < -0.39 is 0 Å². The zero-order chi connectivity index (χ0) is 16.2. The zero-order valence-corrected chi connectivity index (χ0v) is 14.2. The number of aromatic nitrogens is 2. The van der Waals surface area contributed by atoms with E-state index in [4.69, 9.17) is 11.6 Å². The molecule has 0 radical (unpaired) electrons. The maximum atomic E-state index is 12.5. The normalized spacial score (nSPS) is 10.7. The summed E-state index contributed by atoms with van der Waals surface area (Å²) < 4.78 is 1.92. The number of benzene rings is 1. The largest absolute Gasteiger partial charge is 0.347 e. The number of carbonyl (C=O) groups excluding carboxylic acids is 1. The van der Waals surface area contributed by atoms with Gasteiger partial charge in [0.25, 0.3) is 5.91 Å². The van der Waals surface area contributed by atoms with Crippen molar-refractivity contribution in [3.8, 4) is 5.13 Å². The van der Waals surface area contributed by atoms with Crippen LogP contribution in [0, 0.1) is 0 Å². The minimum Gasteiger partial charge on any atom is -0.347 e. The highest BCUT2D eigenvalue weighted by molar-refractivity contribution is 7.16. The Bertz CT molecular complexity index is 794. The summed E-state index contributed by atoms with van der Waals surface area (Å²) in [6, 6.07) is 11.3. The second kappa shape index (κ2) is 6.98. The van der Waals surface area contributed by atoms with Gasteiger partial charge in [0, 0.05) is 24.0 Å². The fraction of sp³-hybridized carbons (Fsp3) is 0.176. The number of aryl methyl sites for hydroxylation is 1. The van der Waals surface area contributed by atoms with Crippen LogP contribution < -0.4 is 5.32 Å². The summed E-state index contributed by atoms with van der Waals surface area (Å²) in [5.41, 5.74) is 1.84. The van der Waals surface area contributed by atoms with Crippen molar-refractivity contribution in [2.45, 2.75) is 19.9 Å². The smallest absolute Gasteiger partial charge is 0.263 e. The van der Waals surface area contributed by atoms with Gasteiger partial charge in [-0.05, 0) is 36.2 Å². The summed E-state index contributed by atoms with van der Waals surface area (Å²) in [5.74, 6) is -0.0901. The monoisotopic (exact) mass is 345 g/mol. The van der Waals surface area contributed by atoms with Crippen LogP contribution in [-0.4, -0.2) is 15.5 Å². The zero-order valence-electron chi connectivity index (χ0n) is 12.6. The van der Waals surface area contributed by atoms with E-state index in [1.165, 1.54) is 11.3 Å². The molecule has 0 aliphatic heterocycles. The van der Waals surface area contributed by atoms with Crippen molar-refractivity contribution >= 4 is 28.8 Å². The number of nitrogens with zero attached hydrogens (tertiary/aromatic N) is 2.